The topological polar surface area (TPSA) is 29.1 Å². The molecule has 1 aliphatic rings. The van der Waals surface area contributed by atoms with E-state index in [1.165, 1.54) is 5.56 Å². The van der Waals surface area contributed by atoms with Crippen molar-refractivity contribution in [3.8, 4) is 0 Å². The summed E-state index contributed by atoms with van der Waals surface area (Å²) >= 11 is 0. The Morgan fingerprint density at radius 2 is 1.83 bits per heavy atom. The Morgan fingerprint density at radius 3 is 2.28 bits per heavy atom. The van der Waals surface area contributed by atoms with Gasteiger partial charge in [0.15, 0.2) is 0 Å². The molecule has 1 heterocycles. The first-order chi connectivity index (χ1) is 8.58. The molecule has 18 heavy (non-hydrogen) atoms. The summed E-state index contributed by atoms with van der Waals surface area (Å²) in [4.78, 5) is 12.1. The van der Waals surface area contributed by atoms with Gasteiger partial charge in [-0.3, -0.25) is 4.79 Å². The molecule has 1 N–H and O–H groups in total. The van der Waals surface area contributed by atoms with Gasteiger partial charge >= 0.3 is 0 Å². The van der Waals surface area contributed by atoms with Gasteiger partial charge in [0.05, 0.1) is 0 Å². The van der Waals surface area contributed by atoms with Crippen molar-refractivity contribution >= 4 is 5.78 Å². The van der Waals surface area contributed by atoms with Crippen LogP contribution >= 0.6 is 0 Å². The lowest BCUT2D eigenvalue weighted by Crippen LogP contribution is -2.47. The van der Waals surface area contributed by atoms with Gasteiger partial charge in [0.25, 0.3) is 0 Å². The van der Waals surface area contributed by atoms with E-state index in [-0.39, 0.29) is 5.92 Å². The van der Waals surface area contributed by atoms with E-state index in [0.29, 0.717) is 24.0 Å². The predicted molar refractivity (Wildman–Crippen MR) is 74.8 cm³/mol. The summed E-state index contributed by atoms with van der Waals surface area (Å²) in [5, 5.41) is 3.23. The molecule has 2 heteroatoms. The molecule has 1 saturated heterocycles. The van der Waals surface area contributed by atoms with Crippen LogP contribution in [0.5, 0.6) is 0 Å². The Hall–Kier alpha value is -1.15. The second-order valence-electron chi connectivity index (χ2n) is 5.75. The SMILES string of the molecule is CC(C)c1ccc(CC(=O)C(C)C2CNC2)cc1. The number of hydrogen-bond acceptors (Lipinski definition) is 2. The molecule has 1 aliphatic heterocycles. The van der Waals surface area contributed by atoms with E-state index in [2.05, 4.69) is 50.4 Å². The van der Waals surface area contributed by atoms with Crippen molar-refractivity contribution in [2.45, 2.75) is 33.1 Å². The van der Waals surface area contributed by atoms with Gasteiger partial charge in [-0.25, -0.2) is 0 Å². The first kappa shape index (κ1) is 13.3. The fourth-order valence-corrected chi connectivity index (χ4v) is 2.31. The van der Waals surface area contributed by atoms with Crippen LogP contribution in [-0.4, -0.2) is 18.9 Å². The summed E-state index contributed by atoms with van der Waals surface area (Å²) in [6.45, 7) is 8.44. The monoisotopic (exact) mass is 245 g/mol. The fourth-order valence-electron chi connectivity index (χ4n) is 2.31. The summed E-state index contributed by atoms with van der Waals surface area (Å²) < 4.78 is 0. The number of ketones is 1. The average molecular weight is 245 g/mol. The molecule has 2 rings (SSSR count). The molecule has 0 bridgehead atoms. The maximum absolute atomic E-state index is 12.1. The van der Waals surface area contributed by atoms with Crippen LogP contribution in [0.1, 0.15) is 37.8 Å². The third-order valence-electron chi connectivity index (χ3n) is 4.05. The number of nitrogens with one attached hydrogen (secondary N) is 1. The molecular formula is C16H23NO. The van der Waals surface area contributed by atoms with Crippen molar-refractivity contribution in [3.63, 3.8) is 0 Å². The van der Waals surface area contributed by atoms with Crippen LogP contribution in [0.4, 0.5) is 0 Å². The van der Waals surface area contributed by atoms with Gasteiger partial charge in [-0.15, -0.1) is 0 Å². The van der Waals surface area contributed by atoms with E-state index < -0.39 is 0 Å². The predicted octanol–water partition coefficient (Wildman–Crippen LogP) is 2.78. The van der Waals surface area contributed by atoms with Gasteiger partial charge in [0.1, 0.15) is 5.78 Å². The number of hydrogen-bond donors (Lipinski definition) is 1. The smallest absolute Gasteiger partial charge is 0.140 e. The van der Waals surface area contributed by atoms with Crippen LogP contribution in [0.3, 0.4) is 0 Å². The van der Waals surface area contributed by atoms with E-state index in [9.17, 15) is 4.79 Å². The van der Waals surface area contributed by atoms with Crippen molar-refractivity contribution in [1.82, 2.24) is 5.32 Å². The van der Waals surface area contributed by atoms with Gasteiger partial charge in [0, 0.05) is 12.3 Å². The Kier molecular flexibility index (Phi) is 4.18. The van der Waals surface area contributed by atoms with Crippen LogP contribution in [0.25, 0.3) is 0 Å². The molecule has 1 unspecified atom stereocenters. The number of carbonyl (C=O) groups excluding carboxylic acids is 1. The molecule has 0 radical (unpaired) electrons. The lowest BCUT2D eigenvalue weighted by Gasteiger charge is -2.31. The van der Waals surface area contributed by atoms with Crippen LogP contribution in [0.2, 0.25) is 0 Å². The summed E-state index contributed by atoms with van der Waals surface area (Å²) in [6, 6.07) is 8.48. The van der Waals surface area contributed by atoms with E-state index in [1.54, 1.807) is 0 Å². The zero-order valence-corrected chi connectivity index (χ0v) is 11.6. The lowest BCUT2D eigenvalue weighted by molar-refractivity contribution is -0.123. The van der Waals surface area contributed by atoms with Gasteiger partial charge in [-0.1, -0.05) is 45.0 Å². The highest BCUT2D eigenvalue weighted by molar-refractivity contribution is 5.83. The number of rotatable bonds is 5. The van der Waals surface area contributed by atoms with Crippen LogP contribution in [0, 0.1) is 11.8 Å². The van der Waals surface area contributed by atoms with Gasteiger partial charge in [-0.05, 0) is 36.1 Å². The molecule has 0 aliphatic carbocycles. The Morgan fingerprint density at radius 1 is 1.22 bits per heavy atom. The first-order valence-electron chi connectivity index (χ1n) is 6.90. The first-order valence-corrected chi connectivity index (χ1v) is 6.90. The van der Waals surface area contributed by atoms with Crippen molar-refractivity contribution in [2.24, 2.45) is 11.8 Å². The lowest BCUT2D eigenvalue weighted by atomic mass is 9.84. The minimum atomic E-state index is 0.191. The highest BCUT2D eigenvalue weighted by atomic mass is 16.1. The normalized spacial score (nSPS) is 17.6. The summed E-state index contributed by atoms with van der Waals surface area (Å²) in [5.41, 5.74) is 2.48. The molecule has 0 saturated carbocycles. The number of carbonyl (C=O) groups is 1. The zero-order chi connectivity index (χ0) is 13.1. The molecule has 1 atom stereocenters. The molecule has 2 nitrogen and oxygen atoms in total. The zero-order valence-electron chi connectivity index (χ0n) is 11.6. The van der Waals surface area contributed by atoms with Crippen LogP contribution in [0.15, 0.2) is 24.3 Å². The fraction of sp³-hybridized carbons (Fsp3) is 0.562. The molecule has 0 aromatic heterocycles. The largest absolute Gasteiger partial charge is 0.316 e. The molecule has 0 amide bonds. The van der Waals surface area contributed by atoms with E-state index in [0.717, 1.165) is 18.7 Å². The maximum atomic E-state index is 12.1. The second-order valence-corrected chi connectivity index (χ2v) is 5.75. The third kappa shape index (κ3) is 2.99. The van der Waals surface area contributed by atoms with Gasteiger partial charge < -0.3 is 5.32 Å². The average Bonchev–Trinajstić information content (AvgIpc) is 2.27. The summed E-state index contributed by atoms with van der Waals surface area (Å²) in [5.74, 6) is 1.66. The van der Waals surface area contributed by atoms with E-state index >= 15 is 0 Å². The van der Waals surface area contributed by atoms with Crippen molar-refractivity contribution in [2.75, 3.05) is 13.1 Å². The molecule has 98 valence electrons. The molecule has 1 fully saturated rings. The molecule has 1 aromatic carbocycles. The van der Waals surface area contributed by atoms with Crippen molar-refractivity contribution in [3.05, 3.63) is 35.4 Å². The quantitative estimate of drug-likeness (QED) is 0.864. The summed E-state index contributed by atoms with van der Waals surface area (Å²) in [7, 11) is 0. The Labute approximate surface area is 110 Å². The van der Waals surface area contributed by atoms with Crippen molar-refractivity contribution < 1.29 is 4.79 Å². The number of Topliss-reactive ketones (excluding diaryl/α,β-unsaturated/α-hetero) is 1. The molecule has 1 aromatic rings. The Bertz CT molecular complexity index is 404. The second kappa shape index (κ2) is 5.66. The van der Waals surface area contributed by atoms with Crippen LogP contribution < -0.4 is 5.32 Å². The molecule has 0 spiro atoms. The highest BCUT2D eigenvalue weighted by Gasteiger charge is 2.28. The maximum Gasteiger partial charge on any atom is 0.140 e. The third-order valence-corrected chi connectivity index (χ3v) is 4.05. The van der Waals surface area contributed by atoms with Crippen LogP contribution in [-0.2, 0) is 11.2 Å². The number of benzene rings is 1. The van der Waals surface area contributed by atoms with Gasteiger partial charge in [-0.2, -0.15) is 0 Å². The summed E-state index contributed by atoms with van der Waals surface area (Å²) in [6.07, 6.45) is 0.579. The standard InChI is InChI=1S/C16H23NO/c1-11(2)14-6-4-13(5-7-14)8-16(18)12(3)15-9-17-10-15/h4-7,11-12,15,17H,8-10H2,1-3H3. The highest BCUT2D eigenvalue weighted by Crippen LogP contribution is 2.20. The minimum absolute atomic E-state index is 0.191. The minimum Gasteiger partial charge on any atom is -0.316 e. The van der Waals surface area contributed by atoms with Crippen molar-refractivity contribution in [1.29, 1.82) is 0 Å². The van der Waals surface area contributed by atoms with E-state index in [1.807, 2.05) is 0 Å². The molecular weight excluding hydrogens is 222 g/mol. The van der Waals surface area contributed by atoms with Gasteiger partial charge in [0.2, 0.25) is 0 Å². The van der Waals surface area contributed by atoms with E-state index in [4.69, 9.17) is 0 Å². The Balaban J connectivity index is 1.94.